The van der Waals surface area contributed by atoms with Crippen LogP contribution in [0.4, 0.5) is 10.1 Å². The minimum atomic E-state index is -0.659. The second kappa shape index (κ2) is 4.42. The summed E-state index contributed by atoms with van der Waals surface area (Å²) in [7, 11) is 0. The Kier molecular flexibility index (Phi) is 3.01. The fraction of sp³-hybridized carbons (Fsp3) is 0.625. The van der Waals surface area contributed by atoms with Crippen LogP contribution < -0.4 is 4.74 Å². The molecule has 21 heavy (non-hydrogen) atoms. The van der Waals surface area contributed by atoms with Crippen molar-refractivity contribution >= 4 is 5.69 Å². The fourth-order valence-corrected chi connectivity index (χ4v) is 4.16. The molecule has 0 N–H and O–H groups in total. The van der Waals surface area contributed by atoms with Gasteiger partial charge in [0, 0.05) is 11.5 Å². The summed E-state index contributed by atoms with van der Waals surface area (Å²) < 4.78 is 19.9. The van der Waals surface area contributed by atoms with Gasteiger partial charge in [-0.25, -0.2) is 4.39 Å². The number of nitro benzene ring substituents is 1. The van der Waals surface area contributed by atoms with Gasteiger partial charge in [0.15, 0.2) is 11.6 Å². The zero-order valence-electron chi connectivity index (χ0n) is 12.6. The molecule has 2 aliphatic carbocycles. The Balaban J connectivity index is 1.84. The van der Waals surface area contributed by atoms with E-state index in [1.54, 1.807) is 0 Å². The Bertz CT molecular complexity index is 601. The summed E-state index contributed by atoms with van der Waals surface area (Å²) in [5, 5.41) is 10.6. The maximum atomic E-state index is 14.0. The minimum Gasteiger partial charge on any atom is -0.487 e. The van der Waals surface area contributed by atoms with Crippen LogP contribution in [-0.4, -0.2) is 11.0 Å². The number of fused-ring (bicyclic) bond motifs is 2. The van der Waals surface area contributed by atoms with Gasteiger partial charge in [-0.3, -0.25) is 10.1 Å². The Hall–Kier alpha value is -1.65. The standard InChI is InChI=1S/C16H20FNO3/c1-15(2)10-6-7-16(15,3)14(8-10)21-13-5-4-11(18(19)20)9-12(13)17/h4-5,9-10,14H,6-8H2,1-3H3. The van der Waals surface area contributed by atoms with Crippen LogP contribution in [0.1, 0.15) is 40.0 Å². The number of non-ortho nitro benzene ring substituents is 1. The van der Waals surface area contributed by atoms with Gasteiger partial charge in [0.25, 0.3) is 5.69 Å². The van der Waals surface area contributed by atoms with Gasteiger partial charge in [-0.15, -0.1) is 0 Å². The van der Waals surface area contributed by atoms with Gasteiger partial charge >= 0.3 is 0 Å². The number of nitro groups is 1. The molecule has 2 bridgehead atoms. The van der Waals surface area contributed by atoms with E-state index in [9.17, 15) is 14.5 Å². The first-order valence-electron chi connectivity index (χ1n) is 7.36. The summed E-state index contributed by atoms with van der Waals surface area (Å²) in [5.41, 5.74) is -0.0276. The van der Waals surface area contributed by atoms with Crippen LogP contribution >= 0.6 is 0 Å². The molecular formula is C16H20FNO3. The Labute approximate surface area is 123 Å². The van der Waals surface area contributed by atoms with E-state index >= 15 is 0 Å². The highest BCUT2D eigenvalue weighted by Gasteiger charge is 2.62. The van der Waals surface area contributed by atoms with Crippen molar-refractivity contribution in [2.75, 3.05) is 0 Å². The Morgan fingerprint density at radius 1 is 1.38 bits per heavy atom. The SMILES string of the molecule is CC1(C)C2CCC1(C)C(Oc1ccc([N+](=O)[O-])cc1F)C2. The predicted molar refractivity (Wildman–Crippen MR) is 76.7 cm³/mol. The normalized spacial score (nSPS) is 33.1. The molecule has 4 nitrogen and oxygen atoms in total. The molecule has 3 unspecified atom stereocenters. The van der Waals surface area contributed by atoms with Gasteiger partial charge in [-0.05, 0) is 36.7 Å². The summed E-state index contributed by atoms with van der Waals surface area (Å²) in [6.07, 6.45) is 3.19. The molecule has 5 heteroatoms. The maximum absolute atomic E-state index is 14.0. The third-order valence-corrected chi connectivity index (χ3v) is 6.11. The molecule has 2 saturated carbocycles. The zero-order chi connectivity index (χ0) is 15.4. The van der Waals surface area contributed by atoms with Crippen molar-refractivity contribution in [1.29, 1.82) is 0 Å². The van der Waals surface area contributed by atoms with Crippen molar-refractivity contribution in [2.45, 2.75) is 46.1 Å². The lowest BCUT2D eigenvalue weighted by Crippen LogP contribution is -2.39. The third kappa shape index (κ3) is 1.93. The van der Waals surface area contributed by atoms with Crippen LogP contribution in [0.5, 0.6) is 5.75 Å². The first kappa shape index (κ1) is 14.3. The quantitative estimate of drug-likeness (QED) is 0.615. The molecule has 3 rings (SSSR count). The molecule has 2 aliphatic rings. The first-order valence-corrected chi connectivity index (χ1v) is 7.36. The average Bonchev–Trinajstić information content (AvgIpc) is 2.74. The third-order valence-electron chi connectivity index (χ3n) is 6.11. The molecule has 114 valence electrons. The monoisotopic (exact) mass is 293 g/mol. The molecule has 2 fully saturated rings. The molecule has 3 atom stereocenters. The van der Waals surface area contributed by atoms with Crippen LogP contribution in [0.25, 0.3) is 0 Å². The van der Waals surface area contributed by atoms with Crippen molar-refractivity contribution in [1.82, 2.24) is 0 Å². The molecule has 1 aromatic carbocycles. The summed E-state index contributed by atoms with van der Waals surface area (Å²) in [6, 6.07) is 3.59. The molecule has 0 aromatic heterocycles. The van der Waals surface area contributed by atoms with Crippen LogP contribution in [0.15, 0.2) is 18.2 Å². The highest BCUT2D eigenvalue weighted by atomic mass is 19.1. The van der Waals surface area contributed by atoms with Gasteiger partial charge in [0.1, 0.15) is 6.10 Å². The van der Waals surface area contributed by atoms with Gasteiger partial charge < -0.3 is 4.74 Å². The Morgan fingerprint density at radius 2 is 2.10 bits per heavy atom. The predicted octanol–water partition coefficient (Wildman–Crippen LogP) is 4.33. The zero-order valence-corrected chi connectivity index (χ0v) is 12.6. The van der Waals surface area contributed by atoms with E-state index in [0.29, 0.717) is 5.92 Å². The molecule has 0 aliphatic heterocycles. The number of ether oxygens (including phenoxy) is 1. The number of hydrogen-bond donors (Lipinski definition) is 0. The molecule has 0 heterocycles. The van der Waals surface area contributed by atoms with Crippen molar-refractivity contribution in [3.63, 3.8) is 0 Å². The lowest BCUT2D eigenvalue weighted by atomic mass is 9.70. The van der Waals surface area contributed by atoms with E-state index in [4.69, 9.17) is 4.74 Å². The highest BCUT2D eigenvalue weighted by Crippen LogP contribution is 2.66. The van der Waals surface area contributed by atoms with E-state index < -0.39 is 10.7 Å². The van der Waals surface area contributed by atoms with Crippen molar-refractivity contribution in [3.8, 4) is 5.75 Å². The van der Waals surface area contributed by atoms with E-state index in [1.807, 2.05) is 0 Å². The molecule has 0 saturated heterocycles. The minimum absolute atomic E-state index is 0.0257. The van der Waals surface area contributed by atoms with Crippen molar-refractivity contribution < 1.29 is 14.1 Å². The van der Waals surface area contributed by atoms with E-state index in [2.05, 4.69) is 20.8 Å². The average molecular weight is 293 g/mol. The fourth-order valence-electron chi connectivity index (χ4n) is 4.16. The molecule has 1 aromatic rings. The summed E-state index contributed by atoms with van der Waals surface area (Å²) in [4.78, 5) is 10.0. The van der Waals surface area contributed by atoms with Gasteiger partial charge in [-0.1, -0.05) is 20.8 Å². The molecular weight excluding hydrogens is 273 g/mol. The Morgan fingerprint density at radius 3 is 2.57 bits per heavy atom. The van der Waals surface area contributed by atoms with Crippen LogP contribution in [-0.2, 0) is 0 Å². The number of hydrogen-bond acceptors (Lipinski definition) is 3. The van der Waals surface area contributed by atoms with E-state index in [0.717, 1.165) is 18.9 Å². The lowest BCUT2D eigenvalue weighted by molar-refractivity contribution is -0.385. The largest absolute Gasteiger partial charge is 0.487 e. The van der Waals surface area contributed by atoms with Gasteiger partial charge in [0.2, 0.25) is 0 Å². The summed E-state index contributed by atoms with van der Waals surface area (Å²) in [6.45, 7) is 6.74. The second-order valence-corrected chi connectivity index (χ2v) is 7.09. The van der Waals surface area contributed by atoms with Crippen LogP contribution in [0, 0.1) is 32.7 Å². The maximum Gasteiger partial charge on any atom is 0.272 e. The number of nitrogens with zero attached hydrogens (tertiary/aromatic N) is 1. The van der Waals surface area contributed by atoms with Crippen LogP contribution in [0.2, 0.25) is 0 Å². The van der Waals surface area contributed by atoms with E-state index in [1.165, 1.54) is 18.6 Å². The molecule has 0 amide bonds. The summed E-state index contributed by atoms with van der Waals surface area (Å²) in [5.74, 6) is 0.0668. The first-order chi connectivity index (χ1) is 9.75. The van der Waals surface area contributed by atoms with Crippen molar-refractivity contribution in [2.24, 2.45) is 16.7 Å². The summed E-state index contributed by atoms with van der Waals surface area (Å²) >= 11 is 0. The smallest absolute Gasteiger partial charge is 0.272 e. The lowest BCUT2D eigenvalue weighted by Gasteiger charge is -2.38. The number of rotatable bonds is 3. The van der Waals surface area contributed by atoms with E-state index in [-0.39, 0.29) is 28.4 Å². The van der Waals surface area contributed by atoms with Crippen LogP contribution in [0.3, 0.4) is 0 Å². The van der Waals surface area contributed by atoms with Crippen molar-refractivity contribution in [3.05, 3.63) is 34.1 Å². The molecule has 0 radical (unpaired) electrons. The second-order valence-electron chi connectivity index (χ2n) is 7.09. The molecule has 0 spiro atoms. The topological polar surface area (TPSA) is 52.4 Å². The number of benzene rings is 1. The highest BCUT2D eigenvalue weighted by molar-refractivity contribution is 5.38. The van der Waals surface area contributed by atoms with Gasteiger partial charge in [-0.2, -0.15) is 0 Å². The number of halogens is 1. The van der Waals surface area contributed by atoms with Gasteiger partial charge in [0.05, 0.1) is 11.0 Å².